The zero-order valence-electron chi connectivity index (χ0n) is 9.28. The molecule has 0 saturated carbocycles. The number of nitrogens with one attached hydrogen (secondary N) is 1. The predicted octanol–water partition coefficient (Wildman–Crippen LogP) is 1.68. The van der Waals surface area contributed by atoms with E-state index in [0.29, 0.717) is 0 Å². The van der Waals surface area contributed by atoms with Crippen LogP contribution in [0.15, 0.2) is 24.3 Å². The molecule has 0 unspecified atom stereocenters. The molecule has 0 aromatic heterocycles. The first-order chi connectivity index (χ1) is 8.58. The van der Waals surface area contributed by atoms with Crippen molar-refractivity contribution in [3.8, 4) is 5.75 Å². The van der Waals surface area contributed by atoms with Gasteiger partial charge in [0, 0.05) is 5.56 Å². The molecule has 7 heteroatoms. The van der Waals surface area contributed by atoms with Crippen molar-refractivity contribution in [3.05, 3.63) is 29.8 Å². The number of aliphatic hydroxyl groups is 1. The van der Waals surface area contributed by atoms with Gasteiger partial charge < -0.3 is 15.2 Å². The van der Waals surface area contributed by atoms with Crippen molar-refractivity contribution in [2.45, 2.75) is 12.7 Å². The Bertz CT molecular complexity index is 404. The smallest absolute Gasteiger partial charge is 0.387 e. The second-order valence-corrected chi connectivity index (χ2v) is 3.62. The number of para-hydroxylation sites is 1. The maximum atomic E-state index is 12.2. The van der Waals surface area contributed by atoms with Gasteiger partial charge in [-0.2, -0.15) is 8.78 Å². The van der Waals surface area contributed by atoms with Crippen molar-refractivity contribution in [1.29, 1.82) is 0 Å². The summed E-state index contributed by atoms with van der Waals surface area (Å²) in [4.78, 5) is 11.1. The van der Waals surface area contributed by atoms with E-state index in [0.717, 1.165) is 0 Å². The first kappa shape index (κ1) is 14.7. The zero-order chi connectivity index (χ0) is 13.5. The van der Waals surface area contributed by atoms with Crippen LogP contribution in [0.1, 0.15) is 11.6 Å². The molecule has 1 aromatic rings. The lowest BCUT2D eigenvalue weighted by Gasteiger charge is -2.19. The Morgan fingerprint density at radius 3 is 2.67 bits per heavy atom. The SMILES string of the molecule is O=C(CCl)N[C@H](CO)c1ccccc1OC(F)F. The lowest BCUT2D eigenvalue weighted by atomic mass is 10.1. The third kappa shape index (κ3) is 4.12. The van der Waals surface area contributed by atoms with Gasteiger partial charge in [-0.1, -0.05) is 18.2 Å². The maximum Gasteiger partial charge on any atom is 0.387 e. The summed E-state index contributed by atoms with van der Waals surface area (Å²) in [5.74, 6) is -0.891. The van der Waals surface area contributed by atoms with Crippen LogP contribution in [-0.4, -0.2) is 30.1 Å². The molecule has 2 N–H and O–H groups in total. The molecule has 1 atom stereocenters. The molecule has 18 heavy (non-hydrogen) atoms. The van der Waals surface area contributed by atoms with Crippen LogP contribution in [0.4, 0.5) is 8.78 Å². The molecule has 0 aliphatic carbocycles. The number of rotatable bonds is 6. The van der Waals surface area contributed by atoms with Crippen LogP contribution in [0.2, 0.25) is 0 Å². The van der Waals surface area contributed by atoms with Crippen molar-refractivity contribution in [2.75, 3.05) is 12.5 Å². The summed E-state index contributed by atoms with van der Waals surface area (Å²) in [6, 6.07) is 5.07. The minimum Gasteiger partial charge on any atom is -0.434 e. The van der Waals surface area contributed by atoms with E-state index in [1.807, 2.05) is 0 Å². The highest BCUT2D eigenvalue weighted by Crippen LogP contribution is 2.26. The molecule has 4 nitrogen and oxygen atoms in total. The van der Waals surface area contributed by atoms with Crippen molar-refractivity contribution >= 4 is 17.5 Å². The molecule has 0 spiro atoms. The molecule has 0 heterocycles. The Morgan fingerprint density at radius 2 is 2.11 bits per heavy atom. The molecule has 0 bridgehead atoms. The fraction of sp³-hybridized carbons (Fsp3) is 0.364. The molecule has 1 aromatic carbocycles. The Labute approximate surface area is 108 Å². The van der Waals surface area contributed by atoms with Crippen molar-refractivity contribution in [3.63, 3.8) is 0 Å². The summed E-state index contributed by atoms with van der Waals surface area (Å²) in [5.41, 5.74) is 0.263. The fourth-order valence-corrected chi connectivity index (χ4v) is 1.50. The highest BCUT2D eigenvalue weighted by atomic mass is 35.5. The highest BCUT2D eigenvalue weighted by molar-refractivity contribution is 6.27. The van der Waals surface area contributed by atoms with Gasteiger partial charge in [-0.15, -0.1) is 11.6 Å². The number of aliphatic hydroxyl groups excluding tert-OH is 1. The lowest BCUT2D eigenvalue weighted by molar-refractivity contribution is -0.119. The average Bonchev–Trinajstić information content (AvgIpc) is 2.36. The van der Waals surface area contributed by atoms with Crippen molar-refractivity contribution in [1.82, 2.24) is 5.32 Å². The van der Waals surface area contributed by atoms with Gasteiger partial charge in [-0.05, 0) is 6.07 Å². The van der Waals surface area contributed by atoms with Gasteiger partial charge in [0.05, 0.1) is 12.6 Å². The number of carbonyl (C=O) groups is 1. The Balaban J connectivity index is 2.93. The van der Waals surface area contributed by atoms with E-state index in [-0.39, 0.29) is 17.2 Å². The van der Waals surface area contributed by atoms with Gasteiger partial charge in [-0.3, -0.25) is 4.79 Å². The van der Waals surface area contributed by atoms with Gasteiger partial charge in [0.15, 0.2) is 0 Å². The normalized spacial score (nSPS) is 12.3. The van der Waals surface area contributed by atoms with E-state index < -0.39 is 25.2 Å². The Morgan fingerprint density at radius 1 is 1.44 bits per heavy atom. The first-order valence-corrected chi connectivity index (χ1v) is 5.61. The van der Waals surface area contributed by atoms with Crippen LogP contribution in [-0.2, 0) is 4.79 Å². The molecular weight excluding hydrogens is 268 g/mol. The van der Waals surface area contributed by atoms with E-state index in [2.05, 4.69) is 10.1 Å². The van der Waals surface area contributed by atoms with Gasteiger partial charge in [0.2, 0.25) is 5.91 Å². The minimum absolute atomic E-state index is 0.0959. The van der Waals surface area contributed by atoms with Gasteiger partial charge in [-0.25, -0.2) is 0 Å². The first-order valence-electron chi connectivity index (χ1n) is 5.08. The molecular formula is C11H12ClF2NO3. The van der Waals surface area contributed by atoms with Crippen LogP contribution in [0.25, 0.3) is 0 Å². The number of hydrogen-bond acceptors (Lipinski definition) is 3. The van der Waals surface area contributed by atoms with Crippen molar-refractivity contribution in [2.24, 2.45) is 0 Å². The monoisotopic (exact) mass is 279 g/mol. The van der Waals surface area contributed by atoms with E-state index in [1.54, 1.807) is 6.07 Å². The fourth-order valence-electron chi connectivity index (χ4n) is 1.43. The second kappa shape index (κ2) is 7.13. The molecule has 100 valence electrons. The molecule has 0 aliphatic heterocycles. The molecule has 1 amide bonds. The highest BCUT2D eigenvalue weighted by Gasteiger charge is 2.18. The summed E-state index contributed by atoms with van der Waals surface area (Å²) in [5, 5.41) is 11.6. The molecule has 0 saturated heterocycles. The Hall–Kier alpha value is -1.40. The molecule has 0 aliphatic rings. The average molecular weight is 280 g/mol. The number of ether oxygens (including phenoxy) is 1. The van der Waals surface area contributed by atoms with Gasteiger partial charge in [0.1, 0.15) is 11.6 Å². The van der Waals surface area contributed by atoms with Crippen LogP contribution < -0.4 is 10.1 Å². The maximum absolute atomic E-state index is 12.2. The van der Waals surface area contributed by atoms with Crippen LogP contribution >= 0.6 is 11.6 Å². The quantitative estimate of drug-likeness (QED) is 0.779. The minimum atomic E-state index is -2.98. The van der Waals surface area contributed by atoms with E-state index >= 15 is 0 Å². The summed E-state index contributed by atoms with van der Waals surface area (Å²) in [7, 11) is 0. The third-order valence-electron chi connectivity index (χ3n) is 2.15. The van der Waals surface area contributed by atoms with Crippen LogP contribution in [0.5, 0.6) is 5.75 Å². The standard InChI is InChI=1S/C11H12ClF2NO3/c12-5-10(17)15-8(6-16)7-3-1-2-4-9(7)18-11(13)14/h1-4,8,11,16H,5-6H2,(H,15,17)/t8-/m1/s1. The largest absolute Gasteiger partial charge is 0.434 e. The lowest BCUT2D eigenvalue weighted by Crippen LogP contribution is -2.32. The summed E-state index contributed by atoms with van der Waals surface area (Å²) in [6.07, 6.45) is 0. The van der Waals surface area contributed by atoms with Crippen LogP contribution in [0, 0.1) is 0 Å². The second-order valence-electron chi connectivity index (χ2n) is 3.35. The number of halogens is 3. The van der Waals surface area contributed by atoms with Gasteiger partial charge in [0.25, 0.3) is 0 Å². The van der Waals surface area contributed by atoms with Gasteiger partial charge >= 0.3 is 6.61 Å². The van der Waals surface area contributed by atoms with Crippen LogP contribution in [0.3, 0.4) is 0 Å². The number of hydrogen-bond donors (Lipinski definition) is 2. The third-order valence-corrected chi connectivity index (χ3v) is 2.39. The summed E-state index contributed by atoms with van der Waals surface area (Å²) >= 11 is 5.32. The number of benzene rings is 1. The van der Waals surface area contributed by atoms with E-state index in [1.165, 1.54) is 18.2 Å². The summed E-state index contributed by atoms with van der Waals surface area (Å²) < 4.78 is 28.7. The zero-order valence-corrected chi connectivity index (χ0v) is 10.0. The predicted molar refractivity (Wildman–Crippen MR) is 61.8 cm³/mol. The van der Waals surface area contributed by atoms with E-state index in [9.17, 15) is 18.7 Å². The molecule has 0 fully saturated rings. The van der Waals surface area contributed by atoms with E-state index in [4.69, 9.17) is 11.6 Å². The molecule has 0 radical (unpaired) electrons. The number of alkyl halides is 3. The number of carbonyl (C=O) groups excluding carboxylic acids is 1. The Kier molecular flexibility index (Phi) is 5.80. The summed E-state index contributed by atoms with van der Waals surface area (Å²) in [6.45, 7) is -3.43. The topological polar surface area (TPSA) is 58.6 Å². The molecule has 1 rings (SSSR count). The number of amides is 1. The van der Waals surface area contributed by atoms with Crippen molar-refractivity contribution < 1.29 is 23.4 Å².